The number of alkyl halides is 2. The van der Waals surface area contributed by atoms with E-state index in [0.29, 0.717) is 0 Å². The standard InChI is InChI=1S/C7H5BrF2N2O3/c8-4-1-3(2-13)5(6(9)10)11-7(4)12(14)15/h1,6,13H,2H2. The number of halogens is 3. The average Bonchev–Trinajstić information content (AvgIpc) is 2.16. The fourth-order valence-electron chi connectivity index (χ4n) is 0.974. The van der Waals surface area contributed by atoms with Gasteiger partial charge < -0.3 is 15.2 Å². The Morgan fingerprint density at radius 3 is 2.67 bits per heavy atom. The summed E-state index contributed by atoms with van der Waals surface area (Å²) in [4.78, 5) is 12.7. The van der Waals surface area contributed by atoms with Crippen LogP contribution in [0.25, 0.3) is 0 Å². The Labute approximate surface area is 91.0 Å². The van der Waals surface area contributed by atoms with Crippen LogP contribution in [0.3, 0.4) is 0 Å². The summed E-state index contributed by atoms with van der Waals surface area (Å²) in [6.07, 6.45) is -2.96. The van der Waals surface area contributed by atoms with Crippen LogP contribution in [0, 0.1) is 10.1 Å². The second-order valence-corrected chi connectivity index (χ2v) is 3.41. The van der Waals surface area contributed by atoms with Crippen LogP contribution in [0.5, 0.6) is 0 Å². The first-order valence-corrected chi connectivity index (χ1v) is 4.49. The Morgan fingerprint density at radius 1 is 1.67 bits per heavy atom. The molecule has 0 fully saturated rings. The molecule has 0 atom stereocenters. The molecule has 82 valence electrons. The van der Waals surface area contributed by atoms with Crippen molar-refractivity contribution in [2.75, 3.05) is 0 Å². The van der Waals surface area contributed by atoms with Crippen molar-refractivity contribution in [2.45, 2.75) is 13.0 Å². The van der Waals surface area contributed by atoms with Crippen molar-refractivity contribution in [2.24, 2.45) is 0 Å². The zero-order chi connectivity index (χ0) is 11.6. The van der Waals surface area contributed by atoms with Gasteiger partial charge >= 0.3 is 12.2 Å². The molecule has 0 aromatic carbocycles. The number of aliphatic hydroxyl groups excluding tert-OH is 1. The molecule has 15 heavy (non-hydrogen) atoms. The summed E-state index contributed by atoms with van der Waals surface area (Å²) in [6, 6.07) is 1.06. The number of nitro groups is 1. The molecule has 8 heteroatoms. The Balaban J connectivity index is 3.37. The van der Waals surface area contributed by atoms with Gasteiger partial charge in [-0.1, -0.05) is 0 Å². The smallest absolute Gasteiger partial charge is 0.378 e. The molecule has 0 radical (unpaired) electrons. The van der Waals surface area contributed by atoms with Crippen LogP contribution in [0.1, 0.15) is 17.7 Å². The van der Waals surface area contributed by atoms with E-state index < -0.39 is 29.5 Å². The van der Waals surface area contributed by atoms with E-state index in [0.717, 1.165) is 6.07 Å². The normalized spacial score (nSPS) is 10.7. The van der Waals surface area contributed by atoms with E-state index in [1.807, 2.05) is 0 Å². The molecule has 0 saturated heterocycles. The predicted octanol–water partition coefficient (Wildman–Crippen LogP) is 2.18. The van der Waals surface area contributed by atoms with Crippen LogP contribution >= 0.6 is 15.9 Å². The van der Waals surface area contributed by atoms with E-state index in [9.17, 15) is 18.9 Å². The number of pyridine rings is 1. The maximum atomic E-state index is 12.4. The third-order valence-corrected chi connectivity index (χ3v) is 2.20. The maximum Gasteiger partial charge on any atom is 0.378 e. The lowest BCUT2D eigenvalue weighted by atomic mass is 10.2. The van der Waals surface area contributed by atoms with Gasteiger partial charge in [-0.25, -0.2) is 8.78 Å². The second kappa shape index (κ2) is 4.58. The zero-order valence-corrected chi connectivity index (χ0v) is 8.74. The first-order valence-electron chi connectivity index (χ1n) is 3.70. The van der Waals surface area contributed by atoms with Crippen molar-refractivity contribution < 1.29 is 18.8 Å². The van der Waals surface area contributed by atoms with Gasteiger partial charge in [0.15, 0.2) is 0 Å². The highest BCUT2D eigenvalue weighted by Crippen LogP contribution is 2.29. The van der Waals surface area contributed by atoms with E-state index in [2.05, 4.69) is 20.9 Å². The number of aliphatic hydroxyl groups is 1. The quantitative estimate of drug-likeness (QED) is 0.681. The van der Waals surface area contributed by atoms with E-state index in [1.54, 1.807) is 0 Å². The fraction of sp³-hybridized carbons (Fsp3) is 0.286. The Bertz CT molecular complexity index is 400. The van der Waals surface area contributed by atoms with Gasteiger partial charge in [0.05, 0.1) is 6.61 Å². The Morgan fingerprint density at radius 2 is 2.27 bits per heavy atom. The lowest BCUT2D eigenvalue weighted by molar-refractivity contribution is -0.390. The zero-order valence-electron chi connectivity index (χ0n) is 7.15. The second-order valence-electron chi connectivity index (χ2n) is 2.55. The fourth-order valence-corrected chi connectivity index (χ4v) is 1.48. The molecule has 0 amide bonds. The summed E-state index contributed by atoms with van der Waals surface area (Å²) in [5.41, 5.74) is -0.908. The minimum atomic E-state index is -2.96. The van der Waals surface area contributed by atoms with Gasteiger partial charge in [-0.2, -0.15) is 0 Å². The van der Waals surface area contributed by atoms with Gasteiger partial charge in [-0.15, -0.1) is 0 Å². The first-order chi connectivity index (χ1) is 6.97. The van der Waals surface area contributed by atoms with Crippen molar-refractivity contribution in [1.29, 1.82) is 0 Å². The van der Waals surface area contributed by atoms with E-state index >= 15 is 0 Å². The summed E-state index contributed by atoms with van der Waals surface area (Å²) >= 11 is 2.81. The molecule has 1 aromatic rings. The first kappa shape index (κ1) is 11.9. The van der Waals surface area contributed by atoms with Crippen molar-refractivity contribution in [3.8, 4) is 0 Å². The van der Waals surface area contributed by atoms with Crippen LogP contribution in [0.4, 0.5) is 14.6 Å². The van der Waals surface area contributed by atoms with Crippen LogP contribution < -0.4 is 0 Å². The highest BCUT2D eigenvalue weighted by atomic mass is 79.9. The van der Waals surface area contributed by atoms with Crippen molar-refractivity contribution in [1.82, 2.24) is 4.98 Å². The van der Waals surface area contributed by atoms with Gasteiger partial charge in [0.25, 0.3) is 0 Å². The number of rotatable bonds is 3. The van der Waals surface area contributed by atoms with Crippen LogP contribution in [0.15, 0.2) is 10.5 Å². The number of aromatic nitrogens is 1. The minimum absolute atomic E-state index is 0.0408. The largest absolute Gasteiger partial charge is 0.392 e. The van der Waals surface area contributed by atoms with Crippen LogP contribution in [-0.4, -0.2) is 15.0 Å². The molecule has 1 rings (SSSR count). The summed E-state index contributed by atoms with van der Waals surface area (Å²) < 4.78 is 24.7. The monoisotopic (exact) mass is 282 g/mol. The highest BCUT2D eigenvalue weighted by molar-refractivity contribution is 9.10. The summed E-state index contributed by atoms with van der Waals surface area (Å²) in [6.45, 7) is -0.650. The van der Waals surface area contributed by atoms with Gasteiger partial charge in [0, 0.05) is 5.56 Å². The van der Waals surface area contributed by atoms with E-state index in [4.69, 9.17) is 5.11 Å². The van der Waals surface area contributed by atoms with Crippen molar-refractivity contribution >= 4 is 21.7 Å². The maximum absolute atomic E-state index is 12.4. The van der Waals surface area contributed by atoms with Gasteiger partial charge in [-0.05, 0) is 31.9 Å². The number of nitrogens with zero attached hydrogens (tertiary/aromatic N) is 2. The predicted molar refractivity (Wildman–Crippen MR) is 49.5 cm³/mol. The average molecular weight is 283 g/mol. The lowest BCUT2D eigenvalue weighted by Gasteiger charge is -2.03. The molecular weight excluding hydrogens is 278 g/mol. The molecule has 0 aliphatic heterocycles. The van der Waals surface area contributed by atoms with E-state index in [-0.39, 0.29) is 10.0 Å². The molecular formula is C7H5BrF2N2O3. The van der Waals surface area contributed by atoms with E-state index in [1.165, 1.54) is 0 Å². The lowest BCUT2D eigenvalue weighted by Crippen LogP contribution is -2.03. The SMILES string of the molecule is O=[N+]([O-])c1nc(C(F)F)c(CO)cc1Br. The van der Waals surface area contributed by atoms with Gasteiger partial charge in [-0.3, -0.25) is 0 Å². The molecule has 0 bridgehead atoms. The third-order valence-electron chi connectivity index (χ3n) is 1.62. The molecule has 5 nitrogen and oxygen atoms in total. The molecule has 0 spiro atoms. The molecule has 1 N–H and O–H groups in total. The molecule has 1 aromatic heterocycles. The number of hydrogen-bond donors (Lipinski definition) is 1. The highest BCUT2D eigenvalue weighted by Gasteiger charge is 2.25. The minimum Gasteiger partial charge on any atom is -0.392 e. The molecule has 0 saturated carbocycles. The molecule has 0 aliphatic carbocycles. The van der Waals surface area contributed by atoms with Gasteiger partial charge in [0.2, 0.25) is 5.69 Å². The Kier molecular flexibility index (Phi) is 3.64. The molecule has 0 unspecified atom stereocenters. The third kappa shape index (κ3) is 2.45. The Hall–Kier alpha value is -1.15. The number of hydrogen-bond acceptors (Lipinski definition) is 4. The van der Waals surface area contributed by atoms with Gasteiger partial charge in [0.1, 0.15) is 4.47 Å². The van der Waals surface area contributed by atoms with Crippen molar-refractivity contribution in [3.05, 3.63) is 31.9 Å². The van der Waals surface area contributed by atoms with Crippen LogP contribution in [0.2, 0.25) is 0 Å². The molecule has 1 heterocycles. The van der Waals surface area contributed by atoms with Crippen LogP contribution in [-0.2, 0) is 6.61 Å². The summed E-state index contributed by atoms with van der Waals surface area (Å²) in [7, 11) is 0. The topological polar surface area (TPSA) is 76.3 Å². The summed E-state index contributed by atoms with van der Waals surface area (Å²) in [5.74, 6) is -0.692. The summed E-state index contributed by atoms with van der Waals surface area (Å²) in [5, 5.41) is 19.2. The molecule has 0 aliphatic rings. The van der Waals surface area contributed by atoms with Crippen molar-refractivity contribution in [3.63, 3.8) is 0 Å².